The third kappa shape index (κ3) is 5.07. The van der Waals surface area contributed by atoms with Crippen LogP contribution in [-0.2, 0) is 25.7 Å². The molecule has 0 amide bonds. The molecule has 0 bridgehead atoms. The predicted molar refractivity (Wildman–Crippen MR) is 249 cm³/mol. The topological polar surface area (TPSA) is 6.48 Å². The van der Waals surface area contributed by atoms with E-state index < -0.39 is 0 Å². The number of para-hydroxylation sites is 2. The van der Waals surface area contributed by atoms with E-state index in [4.69, 9.17) is 0 Å². The molecule has 0 spiro atoms. The van der Waals surface area contributed by atoms with Crippen molar-refractivity contribution in [2.75, 3.05) is 9.80 Å². The lowest BCUT2D eigenvalue weighted by atomic mass is 9.80. The first-order valence-corrected chi connectivity index (χ1v) is 21.3. The maximum absolute atomic E-state index is 2.61. The molecule has 0 saturated carbocycles. The minimum atomic E-state index is 0.898. The van der Waals surface area contributed by atoms with Gasteiger partial charge in [0.15, 0.2) is 0 Å². The quantitative estimate of drug-likeness (QED) is 0.176. The Morgan fingerprint density at radius 3 is 1.12 bits per heavy atom. The van der Waals surface area contributed by atoms with Crippen molar-refractivity contribution in [2.45, 2.75) is 25.7 Å². The van der Waals surface area contributed by atoms with E-state index in [2.05, 4.69) is 204 Å². The Morgan fingerprint density at radius 2 is 0.650 bits per heavy atom. The number of hydrogen-bond acceptors (Lipinski definition) is 2. The summed E-state index contributed by atoms with van der Waals surface area (Å²) in [5.74, 6) is 0. The van der Waals surface area contributed by atoms with Crippen LogP contribution in [0.5, 0.6) is 0 Å². The Kier molecular flexibility index (Phi) is 7.29. The van der Waals surface area contributed by atoms with Crippen LogP contribution in [0.1, 0.15) is 44.5 Å². The summed E-state index contributed by atoms with van der Waals surface area (Å²) in [7, 11) is 0. The number of fused-ring (bicyclic) bond motifs is 8. The third-order valence-electron chi connectivity index (χ3n) is 13.5. The molecule has 60 heavy (non-hydrogen) atoms. The van der Waals surface area contributed by atoms with Crippen molar-refractivity contribution in [2.24, 2.45) is 0 Å². The predicted octanol–water partition coefficient (Wildman–Crippen LogP) is 14.9. The van der Waals surface area contributed by atoms with Crippen LogP contribution < -0.4 is 9.80 Å². The number of rotatable bonds is 4. The average molecular weight is 765 g/mol. The Balaban J connectivity index is 0.967. The smallest absolute Gasteiger partial charge is 0.0538 e. The van der Waals surface area contributed by atoms with E-state index in [1.54, 1.807) is 0 Å². The molecule has 0 saturated heterocycles. The summed E-state index contributed by atoms with van der Waals surface area (Å²) in [6.45, 7) is 0. The molecule has 2 nitrogen and oxygen atoms in total. The van der Waals surface area contributed by atoms with Gasteiger partial charge >= 0.3 is 0 Å². The van der Waals surface area contributed by atoms with Crippen LogP contribution >= 0.6 is 0 Å². The summed E-state index contributed by atoms with van der Waals surface area (Å²) in [5.41, 5.74) is 29.3. The molecule has 9 aromatic carbocycles. The monoisotopic (exact) mass is 764 g/mol. The molecule has 4 aliphatic rings. The fraction of sp³-hybridized carbons (Fsp3) is 0.0690. The van der Waals surface area contributed by atoms with Crippen molar-refractivity contribution in [3.05, 3.63) is 239 Å². The molecular formula is C58H40N2. The molecule has 282 valence electrons. The Morgan fingerprint density at radius 1 is 0.250 bits per heavy atom. The van der Waals surface area contributed by atoms with E-state index in [1.807, 2.05) is 0 Å². The summed E-state index contributed by atoms with van der Waals surface area (Å²) in [5, 5.41) is 0. The van der Waals surface area contributed by atoms with Crippen LogP contribution in [0.15, 0.2) is 194 Å². The van der Waals surface area contributed by atoms with E-state index in [0.717, 1.165) is 25.7 Å². The molecule has 0 N–H and O–H groups in total. The molecule has 4 aliphatic heterocycles. The lowest BCUT2D eigenvalue weighted by molar-refractivity contribution is 0.983. The number of nitrogens with zero attached hydrogens (tertiary/aromatic N) is 2. The summed E-state index contributed by atoms with van der Waals surface area (Å²) >= 11 is 0. The van der Waals surface area contributed by atoms with Crippen LogP contribution in [0.3, 0.4) is 0 Å². The van der Waals surface area contributed by atoms with E-state index in [0.29, 0.717) is 0 Å². The third-order valence-corrected chi connectivity index (χ3v) is 13.5. The van der Waals surface area contributed by atoms with Crippen LogP contribution in [-0.4, -0.2) is 0 Å². The molecule has 13 rings (SSSR count). The fourth-order valence-corrected chi connectivity index (χ4v) is 10.8. The first-order chi connectivity index (χ1) is 29.7. The maximum Gasteiger partial charge on any atom is 0.0538 e. The fourth-order valence-electron chi connectivity index (χ4n) is 10.8. The number of anilines is 6. The van der Waals surface area contributed by atoms with Crippen LogP contribution in [0, 0.1) is 0 Å². The normalized spacial score (nSPS) is 13.7. The zero-order chi connectivity index (χ0) is 39.3. The van der Waals surface area contributed by atoms with E-state index in [-0.39, 0.29) is 0 Å². The molecule has 0 radical (unpaired) electrons. The SMILES string of the molecule is c1ccc(-c2cccc(-c3ccc4c5c3Cc3ccccc3N5c3cc5c(cc3C4)N3c4ccccc4Cc4c(-c6cccc(-c7ccccc7)c6)ccc(c43)C5)c2)cc1. The van der Waals surface area contributed by atoms with Gasteiger partial charge in [-0.05, 0) is 125 Å². The van der Waals surface area contributed by atoms with Gasteiger partial charge in [-0.3, -0.25) is 0 Å². The van der Waals surface area contributed by atoms with E-state index in [9.17, 15) is 0 Å². The van der Waals surface area contributed by atoms with Gasteiger partial charge in [0.25, 0.3) is 0 Å². The highest BCUT2D eigenvalue weighted by atomic mass is 15.2. The molecule has 0 atom stereocenters. The molecule has 0 aliphatic carbocycles. The first kappa shape index (κ1) is 33.5. The molecule has 2 heteroatoms. The molecule has 0 unspecified atom stereocenters. The lowest BCUT2D eigenvalue weighted by Crippen LogP contribution is -2.28. The van der Waals surface area contributed by atoms with Crippen molar-refractivity contribution >= 4 is 34.1 Å². The zero-order valence-corrected chi connectivity index (χ0v) is 33.2. The van der Waals surface area contributed by atoms with Gasteiger partial charge in [0.2, 0.25) is 0 Å². The minimum absolute atomic E-state index is 0.898. The summed E-state index contributed by atoms with van der Waals surface area (Å²) in [4.78, 5) is 5.22. The Labute approximate surface area is 351 Å². The van der Waals surface area contributed by atoms with Gasteiger partial charge in [-0.2, -0.15) is 0 Å². The first-order valence-electron chi connectivity index (χ1n) is 21.3. The number of hydrogen-bond donors (Lipinski definition) is 0. The maximum atomic E-state index is 2.61. The molecule has 0 aromatic heterocycles. The highest BCUT2D eigenvalue weighted by Gasteiger charge is 2.37. The average Bonchev–Trinajstić information content (AvgIpc) is 3.31. The molecule has 9 aromatic rings. The van der Waals surface area contributed by atoms with Crippen LogP contribution in [0.2, 0.25) is 0 Å². The standard InChI is InChI=1S/C58H40N2/c1-3-13-37(14-4-1)39-19-11-21-41(29-39)49-27-25-45-31-47-36-56-48(35-55(47)59-53-23-9-7-17-43(53)33-51(49)57(45)59)32-46-26-28-50(42-22-12-20-40(30-42)38-15-5-2-6-16-38)52-34-44-18-8-10-24-54(44)60(56)58(46)52/h1-30,35-36H,31-34H2. The van der Waals surface area contributed by atoms with Gasteiger partial charge in [-0.1, -0.05) is 158 Å². The molecule has 0 fully saturated rings. The van der Waals surface area contributed by atoms with E-state index >= 15 is 0 Å². The summed E-state index contributed by atoms with van der Waals surface area (Å²) in [6, 6.07) is 72.6. The van der Waals surface area contributed by atoms with Crippen LogP contribution in [0.25, 0.3) is 44.5 Å². The highest BCUT2D eigenvalue weighted by Crippen LogP contribution is 2.57. The Hall–Kier alpha value is -7.42. The van der Waals surface area contributed by atoms with E-state index in [1.165, 1.54) is 123 Å². The molecule has 4 heterocycles. The van der Waals surface area contributed by atoms with Gasteiger partial charge in [0.1, 0.15) is 0 Å². The zero-order valence-electron chi connectivity index (χ0n) is 33.2. The van der Waals surface area contributed by atoms with Crippen molar-refractivity contribution < 1.29 is 0 Å². The van der Waals surface area contributed by atoms with Gasteiger partial charge in [-0.15, -0.1) is 0 Å². The number of benzene rings is 9. The van der Waals surface area contributed by atoms with Crippen molar-refractivity contribution in [1.29, 1.82) is 0 Å². The van der Waals surface area contributed by atoms with Gasteiger partial charge in [0, 0.05) is 37.1 Å². The van der Waals surface area contributed by atoms with Crippen LogP contribution in [0.4, 0.5) is 34.1 Å². The molecular weight excluding hydrogens is 725 g/mol. The second-order valence-corrected chi connectivity index (χ2v) is 16.8. The lowest BCUT2D eigenvalue weighted by Gasteiger charge is -2.43. The highest BCUT2D eigenvalue weighted by molar-refractivity contribution is 5.98. The Bertz CT molecular complexity index is 3000. The summed E-state index contributed by atoms with van der Waals surface area (Å²) in [6.07, 6.45) is 3.63. The summed E-state index contributed by atoms with van der Waals surface area (Å²) < 4.78 is 0. The van der Waals surface area contributed by atoms with Gasteiger partial charge < -0.3 is 9.80 Å². The van der Waals surface area contributed by atoms with Crippen molar-refractivity contribution in [1.82, 2.24) is 0 Å². The van der Waals surface area contributed by atoms with Gasteiger partial charge in [-0.25, -0.2) is 0 Å². The largest absolute Gasteiger partial charge is 0.309 e. The minimum Gasteiger partial charge on any atom is -0.309 e. The second kappa shape index (κ2) is 13.0. The second-order valence-electron chi connectivity index (χ2n) is 16.8. The van der Waals surface area contributed by atoms with Crippen molar-refractivity contribution in [3.8, 4) is 44.5 Å². The van der Waals surface area contributed by atoms with Crippen molar-refractivity contribution in [3.63, 3.8) is 0 Å². The van der Waals surface area contributed by atoms with Gasteiger partial charge in [0.05, 0.1) is 22.7 Å².